The van der Waals surface area contributed by atoms with Crippen LogP contribution in [0.1, 0.15) is 58.9 Å². The monoisotopic (exact) mass is 670 g/mol. The zero-order valence-corrected chi connectivity index (χ0v) is 20.3. The molecule has 3 rings (SSSR count). The Kier molecular flexibility index (Phi) is 22.0. The third-order valence-electron chi connectivity index (χ3n) is 4.22. The van der Waals surface area contributed by atoms with Gasteiger partial charge in [-0.2, -0.15) is 0 Å². The quantitative estimate of drug-likeness (QED) is 0.226. The Bertz CT molecular complexity index is 704. The Hall–Kier alpha value is 0.434. The zero-order valence-electron chi connectivity index (χ0n) is 13.8. The first kappa shape index (κ1) is 35.8. The Morgan fingerprint density at radius 3 is 2.18 bits per heavy atom. The molecule has 2 aliphatic rings. The maximum absolute atomic E-state index is 2.37. The molecule has 3 heterocycles. The molecule has 6 heteroatoms. The third-order valence-corrected chi connectivity index (χ3v) is 5.41. The average Bonchev–Trinajstić information content (AvgIpc) is 3.12. The molecule has 0 atom stereocenters. The van der Waals surface area contributed by atoms with Gasteiger partial charge in [0.2, 0.25) is 0 Å². The molecule has 0 saturated carbocycles. The van der Waals surface area contributed by atoms with Gasteiger partial charge in [-0.3, -0.25) is 0 Å². The van der Waals surface area contributed by atoms with E-state index in [4.69, 9.17) is 0 Å². The Morgan fingerprint density at radius 2 is 1.71 bits per heavy atom. The number of rotatable bonds is 2. The van der Waals surface area contributed by atoms with E-state index in [1.165, 1.54) is 32.4 Å². The maximum atomic E-state index is 2.37. The molecule has 0 saturated heterocycles. The van der Waals surface area contributed by atoms with E-state index in [9.17, 15) is 0 Å². The number of aryl methyl sites for hydroxylation is 1. The van der Waals surface area contributed by atoms with Crippen molar-refractivity contribution in [2.75, 3.05) is 19.0 Å². The standard InChI is InChI=1S/C17H21N2S.5CH4.2HI.V/c1-12-13(2)20-16-11-15(19(4)17(12)16)8-5-7-14-9-6-10-18(14)3;;;;;;;;/h5-8,10H,9,11H2,1-4H3;5*1H4;2*1H;/q+1;;;;;;;;+2/p-2. The van der Waals surface area contributed by atoms with Gasteiger partial charge in [-0.05, 0) is 31.6 Å². The molecule has 0 bridgehead atoms. The van der Waals surface area contributed by atoms with Crippen LogP contribution in [0.4, 0.5) is 5.69 Å². The molecule has 0 fully saturated rings. The van der Waals surface area contributed by atoms with E-state index >= 15 is 0 Å². The van der Waals surface area contributed by atoms with Crippen molar-refractivity contribution in [2.45, 2.75) is 63.8 Å². The molecule has 0 spiro atoms. The summed E-state index contributed by atoms with van der Waals surface area (Å²) < 4.78 is 2.18. The second-order valence-electron chi connectivity index (χ2n) is 5.56. The first-order valence-electron chi connectivity index (χ1n) is 7.37. The van der Waals surface area contributed by atoms with Crippen LogP contribution in [0.25, 0.3) is 0 Å². The molecule has 2 aliphatic heterocycles. The summed E-state index contributed by atoms with van der Waals surface area (Å²) in [5.41, 5.74) is 5.61. The van der Waals surface area contributed by atoms with Crippen LogP contribution in [-0.2, 0) is 15.9 Å². The second kappa shape index (κ2) is 17.1. The van der Waals surface area contributed by atoms with Crippen molar-refractivity contribution in [3.05, 3.63) is 51.5 Å². The number of allylic oxidation sites excluding steroid dienone is 5. The number of hydrogen-bond donors (Lipinski definition) is 0. The molecule has 2 nitrogen and oxygen atoms in total. The minimum absolute atomic E-state index is 0. The number of nitrogens with zero attached hydrogens (tertiary/aromatic N) is 2. The van der Waals surface area contributed by atoms with Crippen LogP contribution in [0.2, 0.25) is 0 Å². The molecule has 0 radical (unpaired) electrons. The second-order valence-corrected chi connectivity index (χ2v) is 18.7. The molecule has 1 aromatic rings. The third kappa shape index (κ3) is 8.66. The first-order chi connectivity index (χ1) is 11.0. The molecule has 0 amide bonds. The SMILES string of the molecule is C.C.C.C.C.Cc1sc2c(c1C)N(C)C(=CC=CC1=[N+](C)C=CC1)C2.[I][V][I]. The van der Waals surface area contributed by atoms with Gasteiger partial charge < -0.3 is 4.90 Å². The van der Waals surface area contributed by atoms with E-state index in [1.807, 2.05) is 11.3 Å². The molecule has 28 heavy (non-hydrogen) atoms. The van der Waals surface area contributed by atoms with Gasteiger partial charge in [0.25, 0.3) is 0 Å². The number of thiophene rings is 1. The molecule has 0 N–H and O–H groups in total. The minimum atomic E-state index is 0. The summed E-state index contributed by atoms with van der Waals surface area (Å²) in [6, 6.07) is 0. The molecular weight excluding hydrogens is 629 g/mol. The topological polar surface area (TPSA) is 6.25 Å². The van der Waals surface area contributed by atoms with Crippen LogP contribution in [-0.4, -0.2) is 24.4 Å². The van der Waals surface area contributed by atoms with Crippen LogP contribution < -0.4 is 4.90 Å². The Morgan fingerprint density at radius 1 is 1.14 bits per heavy atom. The van der Waals surface area contributed by atoms with Crippen LogP contribution in [0, 0.1) is 13.8 Å². The van der Waals surface area contributed by atoms with Crippen LogP contribution in [0.5, 0.6) is 0 Å². The van der Waals surface area contributed by atoms with Crippen molar-refractivity contribution in [3.63, 3.8) is 0 Å². The molecule has 0 aromatic carbocycles. The van der Waals surface area contributed by atoms with Gasteiger partial charge in [-0.15, -0.1) is 11.3 Å². The Balaban J connectivity index is -0.000000340. The molecular formula is C22H41I2N2SV+. The van der Waals surface area contributed by atoms with Gasteiger partial charge >= 0.3 is 49.4 Å². The summed E-state index contributed by atoms with van der Waals surface area (Å²) in [6.45, 7) is 4.45. The average molecular weight is 670 g/mol. The number of anilines is 1. The zero-order chi connectivity index (χ0) is 17.0. The van der Waals surface area contributed by atoms with Gasteiger partial charge in [-0.25, -0.2) is 4.58 Å². The molecule has 163 valence electrons. The molecule has 0 aliphatic carbocycles. The summed E-state index contributed by atoms with van der Waals surface area (Å²) in [5.74, 6) is 0. The number of halogens is 2. The van der Waals surface area contributed by atoms with E-state index in [0.717, 1.165) is 12.8 Å². The summed E-state index contributed by atoms with van der Waals surface area (Å²) in [7, 11) is 4.91. The number of likely N-dealkylation sites (N-methyl/N-ethyl adjacent to an activating group) is 1. The van der Waals surface area contributed by atoms with Crippen molar-refractivity contribution in [2.24, 2.45) is 0 Å². The van der Waals surface area contributed by atoms with Gasteiger partial charge in [0.05, 0.1) is 12.1 Å². The Labute approximate surface area is 209 Å². The summed E-state index contributed by atoms with van der Waals surface area (Å²) >= 11 is 6.68. The van der Waals surface area contributed by atoms with Crippen molar-refractivity contribution in [1.29, 1.82) is 0 Å². The summed E-state index contributed by atoms with van der Waals surface area (Å²) in [6.07, 6.45) is 13.1. The van der Waals surface area contributed by atoms with Crippen LogP contribution in [0.15, 0.2) is 36.2 Å². The van der Waals surface area contributed by atoms with Gasteiger partial charge in [-0.1, -0.05) is 43.2 Å². The fraction of sp³-hybridized carbons (Fsp3) is 0.500. The number of fused-ring (bicyclic) bond motifs is 1. The van der Waals surface area contributed by atoms with Crippen LogP contribution in [0.3, 0.4) is 0 Å². The molecule has 0 unspecified atom stereocenters. The van der Waals surface area contributed by atoms with Gasteiger partial charge in [0.15, 0.2) is 11.9 Å². The van der Waals surface area contributed by atoms with E-state index in [-0.39, 0.29) is 37.1 Å². The summed E-state index contributed by atoms with van der Waals surface area (Å²) in [5, 5.41) is 0. The van der Waals surface area contributed by atoms with Gasteiger partial charge in [0.1, 0.15) is 7.05 Å². The van der Waals surface area contributed by atoms with E-state index in [0.29, 0.717) is 9.47 Å². The molecule has 1 aromatic heterocycles. The van der Waals surface area contributed by atoms with E-state index in [1.54, 1.807) is 0 Å². The number of hydrogen-bond acceptors (Lipinski definition) is 2. The van der Waals surface area contributed by atoms with Crippen LogP contribution >= 0.6 is 51.3 Å². The van der Waals surface area contributed by atoms with E-state index in [2.05, 4.69) is 108 Å². The van der Waals surface area contributed by atoms with Crippen molar-refractivity contribution < 1.29 is 14.0 Å². The normalized spacial score (nSPS) is 14.8. The van der Waals surface area contributed by atoms with Gasteiger partial charge in [0, 0.05) is 35.0 Å². The van der Waals surface area contributed by atoms with E-state index < -0.39 is 0 Å². The fourth-order valence-electron chi connectivity index (χ4n) is 2.87. The summed E-state index contributed by atoms with van der Waals surface area (Å²) in [4.78, 5) is 5.31. The van der Waals surface area contributed by atoms with Crippen molar-refractivity contribution >= 4 is 62.7 Å². The van der Waals surface area contributed by atoms with Crippen molar-refractivity contribution in [1.82, 2.24) is 0 Å². The predicted molar refractivity (Wildman–Crippen MR) is 150 cm³/mol. The fourth-order valence-corrected chi connectivity index (χ4v) is 4.09. The van der Waals surface area contributed by atoms with Crippen molar-refractivity contribution in [3.8, 4) is 0 Å². The first-order valence-corrected chi connectivity index (χ1v) is 17.2. The predicted octanol–water partition coefficient (Wildman–Crippen LogP) is 8.75.